The number of hydrogen-bond acceptors (Lipinski definition) is 11. The first-order chi connectivity index (χ1) is 16.7. The van der Waals surface area contributed by atoms with Gasteiger partial charge in [-0.2, -0.15) is 11.8 Å². The van der Waals surface area contributed by atoms with E-state index in [1.165, 1.54) is 30.9 Å². The van der Waals surface area contributed by atoms with E-state index >= 15 is 0 Å². The Labute approximate surface area is 208 Å². The van der Waals surface area contributed by atoms with Gasteiger partial charge in [0.2, 0.25) is 0 Å². The fraction of sp³-hybridized carbons (Fsp3) is 0.957. The number of morpholine rings is 1. The number of thioether (sulfide) groups is 1. The minimum Gasteiger partial charge on any atom is -0.379 e. The Bertz CT molecular complexity index is 675. The van der Waals surface area contributed by atoms with E-state index in [1.54, 1.807) is 0 Å². The molecule has 194 valence electrons. The van der Waals surface area contributed by atoms with Crippen molar-refractivity contribution in [2.75, 3.05) is 58.8 Å². The zero-order valence-electron chi connectivity index (χ0n) is 20.8. The van der Waals surface area contributed by atoms with Gasteiger partial charge in [0, 0.05) is 44.6 Å². The van der Waals surface area contributed by atoms with Gasteiger partial charge in [0.25, 0.3) is 0 Å². The first-order valence-electron chi connectivity index (χ1n) is 13.3. The van der Waals surface area contributed by atoms with E-state index in [-0.39, 0.29) is 18.9 Å². The topological polar surface area (TPSA) is 97.5 Å². The molecule has 4 aliphatic heterocycles. The molecule has 11 heteroatoms. The minimum absolute atomic E-state index is 0.0102. The van der Waals surface area contributed by atoms with Crippen molar-refractivity contribution in [3.8, 4) is 0 Å². The van der Waals surface area contributed by atoms with Gasteiger partial charge in [0.15, 0.2) is 6.35 Å². The van der Waals surface area contributed by atoms with Gasteiger partial charge in [0.05, 0.1) is 31.8 Å². The second kappa shape index (κ2) is 12.2. The number of rotatable bonds is 9. The Hall–Kier alpha value is -0.500. The lowest BCUT2D eigenvalue weighted by atomic mass is 9.87. The molecule has 3 saturated heterocycles. The first-order valence-corrected chi connectivity index (χ1v) is 14.3. The van der Waals surface area contributed by atoms with Crippen molar-refractivity contribution in [3.05, 3.63) is 0 Å². The van der Waals surface area contributed by atoms with Gasteiger partial charge in [0.1, 0.15) is 18.4 Å². The van der Waals surface area contributed by atoms with Crippen LogP contribution in [-0.4, -0.2) is 117 Å². The first kappa shape index (κ1) is 25.2. The molecule has 1 saturated carbocycles. The summed E-state index contributed by atoms with van der Waals surface area (Å²) in [5.74, 6) is 2.54. The van der Waals surface area contributed by atoms with E-state index in [4.69, 9.17) is 14.5 Å². The van der Waals surface area contributed by atoms with Crippen molar-refractivity contribution < 1.29 is 9.47 Å². The largest absolute Gasteiger partial charge is 0.379 e. The maximum absolute atomic E-state index is 5.88. The standard InChI is InChI=1S/C23H44N8O2S/c1-3-33-23-28-21(24-14-17-5-4-12-34-17)27-22(29-23)25-16-6-7-19-18(13-16)26-20(30(19)2)15-31-8-10-32-11-9-31/h16-19,21-25,27-29H,3-15H2,1-2H3. The molecule has 5 N–H and O–H groups in total. The molecule has 0 bridgehead atoms. The molecular weight excluding hydrogens is 452 g/mol. The summed E-state index contributed by atoms with van der Waals surface area (Å²) >= 11 is 2.09. The van der Waals surface area contributed by atoms with Crippen molar-refractivity contribution in [2.45, 2.75) is 81.3 Å². The number of nitrogens with zero attached hydrogens (tertiary/aromatic N) is 3. The van der Waals surface area contributed by atoms with Crippen LogP contribution in [0.5, 0.6) is 0 Å². The summed E-state index contributed by atoms with van der Waals surface area (Å²) in [6, 6.07) is 1.35. The van der Waals surface area contributed by atoms with Gasteiger partial charge in [-0.05, 0) is 44.8 Å². The summed E-state index contributed by atoms with van der Waals surface area (Å²) in [6.45, 7) is 8.36. The molecular formula is C23H44N8O2S. The minimum atomic E-state index is -0.176. The van der Waals surface area contributed by atoms with E-state index in [1.807, 2.05) is 6.92 Å². The number of likely N-dealkylation sites (N-methyl/N-ethyl adjacent to an activating group) is 1. The summed E-state index contributed by atoms with van der Waals surface area (Å²) in [4.78, 5) is 10.1. The maximum Gasteiger partial charge on any atom is 0.167 e. The number of hydrogen-bond donors (Lipinski definition) is 5. The number of amidine groups is 1. The quantitative estimate of drug-likeness (QED) is 0.293. The van der Waals surface area contributed by atoms with Crippen molar-refractivity contribution in [1.29, 1.82) is 0 Å². The van der Waals surface area contributed by atoms with Gasteiger partial charge in [-0.1, -0.05) is 0 Å². The fourth-order valence-corrected chi connectivity index (χ4v) is 7.05. The normalized spacial score (nSPS) is 39.3. The van der Waals surface area contributed by atoms with Crippen molar-refractivity contribution >= 4 is 17.6 Å². The number of aliphatic imine (C=N–C) groups is 1. The Morgan fingerprint density at radius 1 is 1.15 bits per heavy atom. The Balaban J connectivity index is 1.13. The molecule has 0 amide bonds. The highest BCUT2D eigenvalue weighted by Crippen LogP contribution is 2.30. The molecule has 0 radical (unpaired) electrons. The van der Waals surface area contributed by atoms with Crippen LogP contribution < -0.4 is 26.6 Å². The van der Waals surface area contributed by atoms with Crippen LogP contribution in [0.2, 0.25) is 0 Å². The van der Waals surface area contributed by atoms with Crippen molar-refractivity contribution in [2.24, 2.45) is 4.99 Å². The van der Waals surface area contributed by atoms with Crippen LogP contribution in [0.15, 0.2) is 4.99 Å². The van der Waals surface area contributed by atoms with E-state index in [0.29, 0.717) is 24.7 Å². The van der Waals surface area contributed by atoms with Gasteiger partial charge in [-0.15, -0.1) is 0 Å². The highest BCUT2D eigenvalue weighted by molar-refractivity contribution is 8.00. The smallest absolute Gasteiger partial charge is 0.167 e. The molecule has 4 heterocycles. The van der Waals surface area contributed by atoms with Gasteiger partial charge in [-0.3, -0.25) is 36.5 Å². The Kier molecular flexibility index (Phi) is 9.00. The van der Waals surface area contributed by atoms with Gasteiger partial charge in [-0.25, -0.2) is 0 Å². The van der Waals surface area contributed by atoms with E-state index < -0.39 is 0 Å². The van der Waals surface area contributed by atoms with Crippen LogP contribution in [0.25, 0.3) is 0 Å². The lowest BCUT2D eigenvalue weighted by Gasteiger charge is -2.42. The summed E-state index contributed by atoms with van der Waals surface area (Å²) < 4.78 is 11.4. The van der Waals surface area contributed by atoms with Crippen LogP contribution >= 0.6 is 11.8 Å². The molecule has 4 fully saturated rings. The second-order valence-electron chi connectivity index (χ2n) is 10.1. The van der Waals surface area contributed by atoms with E-state index in [0.717, 1.165) is 57.5 Å². The molecule has 0 aromatic carbocycles. The molecule has 5 rings (SSSR count). The molecule has 1 aliphatic carbocycles. The molecule has 5 aliphatic rings. The third-order valence-electron chi connectivity index (χ3n) is 7.75. The lowest BCUT2D eigenvalue weighted by molar-refractivity contribution is -0.0457. The monoisotopic (exact) mass is 496 g/mol. The molecule has 0 spiro atoms. The molecule has 0 aromatic heterocycles. The predicted octanol–water partition coefficient (Wildman–Crippen LogP) is -0.303. The third kappa shape index (κ3) is 6.43. The molecule has 7 unspecified atom stereocenters. The molecule has 7 atom stereocenters. The van der Waals surface area contributed by atoms with Gasteiger partial charge >= 0.3 is 0 Å². The van der Waals surface area contributed by atoms with Crippen molar-refractivity contribution in [3.63, 3.8) is 0 Å². The highest BCUT2D eigenvalue weighted by atomic mass is 32.2. The molecule has 0 aromatic rings. The van der Waals surface area contributed by atoms with Crippen molar-refractivity contribution in [1.82, 2.24) is 36.4 Å². The zero-order chi connectivity index (χ0) is 23.3. The van der Waals surface area contributed by atoms with Crippen LogP contribution in [-0.2, 0) is 9.47 Å². The van der Waals surface area contributed by atoms with Crippen LogP contribution in [0.3, 0.4) is 0 Å². The van der Waals surface area contributed by atoms with Crippen LogP contribution in [0.1, 0.15) is 39.0 Å². The average Bonchev–Trinajstić information content (AvgIpc) is 3.47. The van der Waals surface area contributed by atoms with E-state index in [2.05, 4.69) is 55.2 Å². The second-order valence-corrected chi connectivity index (χ2v) is 11.5. The van der Waals surface area contributed by atoms with Gasteiger partial charge < -0.3 is 14.4 Å². The summed E-state index contributed by atoms with van der Waals surface area (Å²) in [5, 5.41) is 18.9. The number of fused-ring (bicyclic) bond motifs is 1. The maximum atomic E-state index is 5.88. The SMILES string of the molecule is CCOC1NC(NCC2CCCS2)NC(NC2CCC3C(C2)N=C(CN2CCOCC2)N3C)N1. The summed E-state index contributed by atoms with van der Waals surface area (Å²) in [6.07, 6.45) is 5.89. The zero-order valence-corrected chi connectivity index (χ0v) is 21.6. The lowest BCUT2D eigenvalue weighted by Crippen LogP contribution is -2.76. The summed E-state index contributed by atoms with van der Waals surface area (Å²) in [7, 11) is 2.24. The van der Waals surface area contributed by atoms with Crippen LogP contribution in [0, 0.1) is 0 Å². The molecule has 10 nitrogen and oxygen atoms in total. The molecule has 34 heavy (non-hydrogen) atoms. The third-order valence-corrected chi connectivity index (χ3v) is 9.15. The number of ether oxygens (including phenoxy) is 2. The number of nitrogens with one attached hydrogen (secondary N) is 5. The summed E-state index contributed by atoms with van der Waals surface area (Å²) in [5.41, 5.74) is 0. The van der Waals surface area contributed by atoms with Crippen LogP contribution in [0.4, 0.5) is 0 Å². The average molecular weight is 497 g/mol. The fourth-order valence-electron chi connectivity index (χ4n) is 5.84. The Morgan fingerprint density at radius 2 is 2.00 bits per heavy atom. The Morgan fingerprint density at radius 3 is 2.79 bits per heavy atom. The van der Waals surface area contributed by atoms with E-state index in [9.17, 15) is 0 Å². The highest BCUT2D eigenvalue weighted by Gasteiger charge is 2.40. The predicted molar refractivity (Wildman–Crippen MR) is 137 cm³/mol.